The number of aromatic nitrogens is 2. The largest absolute Gasteiger partial charge is 0.282 e. The average Bonchev–Trinajstić information content (AvgIpc) is 2.15. The van der Waals surface area contributed by atoms with E-state index >= 15 is 0 Å². The Balaban J connectivity index is 3.04. The lowest BCUT2D eigenvalue weighted by Gasteiger charge is -1.89. The first kappa shape index (κ1) is 6.33. The minimum atomic E-state index is 1.05. The Bertz CT molecular complexity index is 201. The molecule has 1 heterocycles. The zero-order chi connectivity index (χ0) is 6.85. The van der Waals surface area contributed by atoms with Crippen LogP contribution in [0.1, 0.15) is 23.9 Å². The monoisotopic (exact) mass is 124 g/mol. The van der Waals surface area contributed by atoms with Crippen molar-refractivity contribution >= 4 is 0 Å². The first-order chi connectivity index (χ1) is 4.25. The molecule has 9 heavy (non-hydrogen) atoms. The molecule has 2 nitrogen and oxygen atoms in total. The molecule has 0 unspecified atom stereocenters. The number of aromatic amines is 1. The molecule has 0 atom stereocenters. The molecule has 2 heteroatoms. The van der Waals surface area contributed by atoms with E-state index in [4.69, 9.17) is 0 Å². The van der Waals surface area contributed by atoms with Crippen molar-refractivity contribution in [3.05, 3.63) is 17.0 Å². The van der Waals surface area contributed by atoms with Crippen LogP contribution in [0.2, 0.25) is 0 Å². The Morgan fingerprint density at radius 1 is 1.44 bits per heavy atom. The highest BCUT2D eigenvalue weighted by atomic mass is 15.1. The summed E-state index contributed by atoms with van der Waals surface area (Å²) in [6, 6.07) is 0. The second-order valence-corrected chi connectivity index (χ2v) is 2.27. The molecule has 1 N–H and O–H groups in total. The average molecular weight is 124 g/mol. The number of H-pyrrole nitrogens is 1. The molecule has 0 amide bonds. The van der Waals surface area contributed by atoms with E-state index in [0.717, 1.165) is 12.1 Å². The lowest BCUT2D eigenvalue weighted by Crippen LogP contribution is -1.81. The fourth-order valence-corrected chi connectivity index (χ4v) is 0.882. The fourth-order valence-electron chi connectivity index (χ4n) is 0.882. The number of nitrogens with one attached hydrogen (secondary N) is 1. The van der Waals surface area contributed by atoms with E-state index in [1.165, 1.54) is 11.3 Å². The second-order valence-electron chi connectivity index (χ2n) is 2.27. The topological polar surface area (TPSA) is 28.7 Å². The van der Waals surface area contributed by atoms with E-state index in [-0.39, 0.29) is 0 Å². The smallest absolute Gasteiger partial charge is 0.0623 e. The van der Waals surface area contributed by atoms with Crippen molar-refractivity contribution in [2.24, 2.45) is 0 Å². The summed E-state index contributed by atoms with van der Waals surface area (Å²) in [5.74, 6) is 0. The number of rotatable bonds is 1. The second kappa shape index (κ2) is 2.21. The summed E-state index contributed by atoms with van der Waals surface area (Å²) in [7, 11) is 0. The molecule has 0 fully saturated rings. The maximum Gasteiger partial charge on any atom is 0.0623 e. The normalized spacial score (nSPS) is 10.1. The summed E-state index contributed by atoms with van der Waals surface area (Å²) in [5, 5.41) is 7.04. The Hall–Kier alpha value is -0.790. The predicted octanol–water partition coefficient (Wildman–Crippen LogP) is 1.59. The Morgan fingerprint density at radius 2 is 2.11 bits per heavy atom. The predicted molar refractivity (Wildman–Crippen MR) is 37.4 cm³/mol. The molecule has 0 aromatic carbocycles. The van der Waals surface area contributed by atoms with Crippen LogP contribution in [0, 0.1) is 13.8 Å². The van der Waals surface area contributed by atoms with E-state index in [0.29, 0.717) is 0 Å². The van der Waals surface area contributed by atoms with Gasteiger partial charge in [-0.2, -0.15) is 5.10 Å². The van der Waals surface area contributed by atoms with Gasteiger partial charge in [0.15, 0.2) is 0 Å². The van der Waals surface area contributed by atoms with E-state index in [1.807, 2.05) is 6.92 Å². The Kier molecular flexibility index (Phi) is 1.56. The molecule has 50 valence electrons. The highest BCUT2D eigenvalue weighted by molar-refractivity contribution is 5.21. The van der Waals surface area contributed by atoms with Crippen LogP contribution in [0.15, 0.2) is 0 Å². The third-order valence-electron chi connectivity index (χ3n) is 1.71. The number of aryl methyl sites for hydroxylation is 2. The van der Waals surface area contributed by atoms with Gasteiger partial charge in [0.05, 0.1) is 5.69 Å². The van der Waals surface area contributed by atoms with Crippen molar-refractivity contribution in [3.8, 4) is 0 Å². The van der Waals surface area contributed by atoms with Gasteiger partial charge in [0.2, 0.25) is 0 Å². The van der Waals surface area contributed by atoms with Gasteiger partial charge in [-0.1, -0.05) is 6.92 Å². The molecule has 0 aliphatic carbocycles. The van der Waals surface area contributed by atoms with Crippen LogP contribution in [-0.4, -0.2) is 10.2 Å². The van der Waals surface area contributed by atoms with Crippen molar-refractivity contribution in [1.29, 1.82) is 0 Å². The van der Waals surface area contributed by atoms with Crippen LogP contribution in [0.25, 0.3) is 0 Å². The first-order valence-corrected chi connectivity index (χ1v) is 3.26. The van der Waals surface area contributed by atoms with Crippen LogP contribution in [0.4, 0.5) is 0 Å². The first-order valence-electron chi connectivity index (χ1n) is 3.26. The molecule has 0 radical (unpaired) electrons. The maximum atomic E-state index is 4.06. The summed E-state index contributed by atoms with van der Waals surface area (Å²) >= 11 is 0. The minimum absolute atomic E-state index is 1.05. The van der Waals surface area contributed by atoms with E-state index in [2.05, 4.69) is 24.0 Å². The molecule has 0 saturated carbocycles. The molecule has 0 bridgehead atoms. The molecular weight excluding hydrogens is 112 g/mol. The molecular formula is C7H12N2. The quantitative estimate of drug-likeness (QED) is 0.605. The van der Waals surface area contributed by atoms with Gasteiger partial charge in [0, 0.05) is 5.69 Å². The van der Waals surface area contributed by atoms with Crippen LogP contribution in [-0.2, 0) is 6.42 Å². The van der Waals surface area contributed by atoms with E-state index < -0.39 is 0 Å². The van der Waals surface area contributed by atoms with E-state index in [9.17, 15) is 0 Å². The Morgan fingerprint density at radius 3 is 2.33 bits per heavy atom. The van der Waals surface area contributed by atoms with Gasteiger partial charge in [0.25, 0.3) is 0 Å². The minimum Gasteiger partial charge on any atom is -0.282 e. The van der Waals surface area contributed by atoms with Gasteiger partial charge in [-0.3, -0.25) is 5.10 Å². The van der Waals surface area contributed by atoms with Crippen molar-refractivity contribution in [2.45, 2.75) is 27.2 Å². The number of hydrogen-bond donors (Lipinski definition) is 1. The third kappa shape index (κ3) is 0.969. The van der Waals surface area contributed by atoms with Gasteiger partial charge in [0.1, 0.15) is 0 Å². The summed E-state index contributed by atoms with van der Waals surface area (Å²) in [4.78, 5) is 0. The van der Waals surface area contributed by atoms with Gasteiger partial charge < -0.3 is 0 Å². The Labute approximate surface area is 55.3 Å². The standard InChI is InChI=1S/C7H12N2/c1-4-7-5(2)6(3)8-9-7/h4H2,1-3H3,(H,8,9). The highest BCUT2D eigenvalue weighted by Crippen LogP contribution is 2.07. The van der Waals surface area contributed by atoms with Crippen LogP contribution in [0.3, 0.4) is 0 Å². The number of nitrogens with zero attached hydrogens (tertiary/aromatic N) is 1. The molecule has 0 aliphatic heterocycles. The molecule has 1 aromatic heterocycles. The van der Waals surface area contributed by atoms with Crippen LogP contribution >= 0.6 is 0 Å². The van der Waals surface area contributed by atoms with Gasteiger partial charge in [-0.05, 0) is 25.8 Å². The molecule has 0 spiro atoms. The van der Waals surface area contributed by atoms with Gasteiger partial charge >= 0.3 is 0 Å². The number of hydrogen-bond acceptors (Lipinski definition) is 1. The van der Waals surface area contributed by atoms with Crippen LogP contribution in [0.5, 0.6) is 0 Å². The third-order valence-corrected chi connectivity index (χ3v) is 1.71. The van der Waals surface area contributed by atoms with E-state index in [1.54, 1.807) is 0 Å². The fraction of sp³-hybridized carbons (Fsp3) is 0.571. The lowest BCUT2D eigenvalue weighted by molar-refractivity contribution is 0.959. The summed E-state index contributed by atoms with van der Waals surface area (Å²) in [6.45, 7) is 6.24. The molecule has 0 saturated heterocycles. The lowest BCUT2D eigenvalue weighted by atomic mass is 10.2. The van der Waals surface area contributed by atoms with Crippen molar-refractivity contribution in [2.75, 3.05) is 0 Å². The van der Waals surface area contributed by atoms with Crippen molar-refractivity contribution in [3.63, 3.8) is 0 Å². The highest BCUT2D eigenvalue weighted by Gasteiger charge is 2.00. The summed E-state index contributed by atoms with van der Waals surface area (Å²) in [6.07, 6.45) is 1.05. The van der Waals surface area contributed by atoms with Gasteiger partial charge in [-0.15, -0.1) is 0 Å². The van der Waals surface area contributed by atoms with Crippen molar-refractivity contribution in [1.82, 2.24) is 10.2 Å². The maximum absolute atomic E-state index is 4.06. The molecule has 0 aliphatic rings. The zero-order valence-electron chi connectivity index (χ0n) is 6.15. The summed E-state index contributed by atoms with van der Waals surface area (Å²) < 4.78 is 0. The summed E-state index contributed by atoms with van der Waals surface area (Å²) in [5.41, 5.74) is 3.68. The molecule has 1 rings (SSSR count). The molecule has 1 aromatic rings. The van der Waals surface area contributed by atoms with Gasteiger partial charge in [-0.25, -0.2) is 0 Å². The van der Waals surface area contributed by atoms with Crippen LogP contribution < -0.4 is 0 Å². The zero-order valence-corrected chi connectivity index (χ0v) is 6.15. The van der Waals surface area contributed by atoms with Crippen molar-refractivity contribution < 1.29 is 0 Å². The SMILES string of the molecule is CCc1[nH]nc(C)c1C.